The van der Waals surface area contributed by atoms with Gasteiger partial charge < -0.3 is 14.4 Å². The van der Waals surface area contributed by atoms with Gasteiger partial charge in [-0.3, -0.25) is 10.1 Å². The van der Waals surface area contributed by atoms with Crippen LogP contribution in [0.4, 0.5) is 5.69 Å². The molecule has 110 valence electrons. The summed E-state index contributed by atoms with van der Waals surface area (Å²) in [7, 11) is 1.42. The van der Waals surface area contributed by atoms with Crippen LogP contribution >= 0.6 is 0 Å². The van der Waals surface area contributed by atoms with Gasteiger partial charge in [-0.2, -0.15) is 0 Å². The highest BCUT2D eigenvalue weighted by molar-refractivity contribution is 5.88. The maximum Gasteiger partial charge on any atom is 0.352 e. The lowest BCUT2D eigenvalue weighted by Crippen LogP contribution is -2.08. The molecule has 0 aliphatic rings. The lowest BCUT2D eigenvalue weighted by molar-refractivity contribution is -0.384. The normalized spacial score (nSPS) is 10.4. The first kappa shape index (κ1) is 14.6. The Morgan fingerprint density at radius 1 is 1.38 bits per heavy atom. The number of benzene rings is 1. The van der Waals surface area contributed by atoms with Crippen molar-refractivity contribution in [3.63, 3.8) is 0 Å². The van der Waals surface area contributed by atoms with E-state index in [1.807, 2.05) is 6.92 Å². The van der Waals surface area contributed by atoms with Gasteiger partial charge in [0.1, 0.15) is 11.4 Å². The Morgan fingerprint density at radius 3 is 2.62 bits per heavy atom. The Bertz CT molecular complexity index is 705. The van der Waals surface area contributed by atoms with Crippen LogP contribution in [0.15, 0.2) is 30.3 Å². The number of nitro groups is 1. The summed E-state index contributed by atoms with van der Waals surface area (Å²) >= 11 is 0. The van der Waals surface area contributed by atoms with Gasteiger partial charge >= 0.3 is 5.97 Å². The fraction of sp³-hybridized carbons (Fsp3) is 0.214. The molecule has 0 radical (unpaired) electrons. The topological polar surface area (TPSA) is 94.6 Å². The average molecular weight is 290 g/mol. The third kappa shape index (κ3) is 2.58. The largest absolute Gasteiger partial charge is 0.496 e. The maximum atomic E-state index is 11.2. The van der Waals surface area contributed by atoms with Crippen molar-refractivity contribution < 1.29 is 19.6 Å². The van der Waals surface area contributed by atoms with Crippen LogP contribution < -0.4 is 4.74 Å². The Kier molecular flexibility index (Phi) is 3.93. The van der Waals surface area contributed by atoms with E-state index in [9.17, 15) is 14.9 Å². The minimum atomic E-state index is -1.02. The van der Waals surface area contributed by atoms with Crippen LogP contribution in [-0.2, 0) is 6.54 Å². The molecule has 2 rings (SSSR count). The van der Waals surface area contributed by atoms with Gasteiger partial charge in [-0.05, 0) is 25.1 Å². The summed E-state index contributed by atoms with van der Waals surface area (Å²) in [5.41, 5.74) is 1.33. The molecule has 1 aromatic carbocycles. The van der Waals surface area contributed by atoms with Crippen molar-refractivity contribution in [1.82, 2.24) is 4.57 Å². The molecule has 0 aliphatic heterocycles. The number of carboxylic acids is 1. The third-order valence-electron chi connectivity index (χ3n) is 3.19. The van der Waals surface area contributed by atoms with E-state index in [1.165, 1.54) is 25.3 Å². The van der Waals surface area contributed by atoms with Crippen molar-refractivity contribution in [1.29, 1.82) is 0 Å². The van der Waals surface area contributed by atoms with Gasteiger partial charge in [-0.1, -0.05) is 0 Å². The van der Waals surface area contributed by atoms with Gasteiger partial charge in [-0.15, -0.1) is 0 Å². The van der Waals surface area contributed by atoms with Gasteiger partial charge in [0, 0.05) is 18.2 Å². The number of hydrogen-bond donors (Lipinski definition) is 1. The predicted molar refractivity (Wildman–Crippen MR) is 75.7 cm³/mol. The zero-order valence-corrected chi connectivity index (χ0v) is 11.6. The lowest BCUT2D eigenvalue weighted by Gasteiger charge is -2.12. The molecule has 1 heterocycles. The molecule has 0 saturated carbocycles. The van der Waals surface area contributed by atoms with Crippen molar-refractivity contribution in [3.05, 3.63) is 46.1 Å². The molecule has 1 N–H and O–H groups in total. The fourth-order valence-corrected chi connectivity index (χ4v) is 2.24. The van der Waals surface area contributed by atoms with E-state index in [4.69, 9.17) is 9.84 Å². The zero-order valence-electron chi connectivity index (χ0n) is 11.6. The highest BCUT2D eigenvalue weighted by Gasteiger charge is 2.18. The summed E-state index contributed by atoms with van der Waals surface area (Å²) in [6.07, 6.45) is 0. The van der Waals surface area contributed by atoms with Crippen molar-refractivity contribution in [2.24, 2.45) is 0 Å². The predicted octanol–water partition coefficient (Wildman–Crippen LogP) is 2.79. The summed E-state index contributed by atoms with van der Waals surface area (Å²) in [4.78, 5) is 21.5. The second-order valence-corrected chi connectivity index (χ2v) is 4.29. The van der Waals surface area contributed by atoms with Gasteiger partial charge in [-0.25, -0.2) is 4.79 Å². The molecule has 21 heavy (non-hydrogen) atoms. The third-order valence-corrected chi connectivity index (χ3v) is 3.19. The smallest absolute Gasteiger partial charge is 0.352 e. The van der Waals surface area contributed by atoms with E-state index in [0.717, 1.165) is 0 Å². The number of nitro benzene ring substituents is 1. The Morgan fingerprint density at radius 2 is 2.10 bits per heavy atom. The lowest BCUT2D eigenvalue weighted by atomic mass is 10.1. The van der Waals surface area contributed by atoms with Crippen molar-refractivity contribution in [2.45, 2.75) is 13.5 Å². The summed E-state index contributed by atoms with van der Waals surface area (Å²) in [6, 6.07) is 7.41. The molecule has 7 heteroatoms. The van der Waals surface area contributed by atoms with Gasteiger partial charge in [0.2, 0.25) is 0 Å². The molecule has 0 saturated heterocycles. The van der Waals surface area contributed by atoms with E-state index in [2.05, 4.69) is 0 Å². The molecule has 0 aliphatic carbocycles. The number of nitrogens with zero attached hydrogens (tertiary/aromatic N) is 2. The van der Waals surface area contributed by atoms with Crippen molar-refractivity contribution in [3.8, 4) is 17.0 Å². The standard InChI is InChI=1S/C14H14N2O5/c1-3-15-11(6-7-12(15)14(17)18)10-5-4-9(16(19)20)8-13(10)21-2/h4-8H,3H2,1-2H3,(H,17,18). The van der Waals surface area contributed by atoms with Crippen LogP contribution in [0.1, 0.15) is 17.4 Å². The SMILES string of the molecule is CCn1c(C(=O)O)ccc1-c1ccc([N+](=O)[O-])cc1OC. The second-order valence-electron chi connectivity index (χ2n) is 4.29. The summed E-state index contributed by atoms with van der Waals surface area (Å²) in [5, 5.41) is 20.0. The molecule has 0 amide bonds. The number of rotatable bonds is 5. The van der Waals surface area contributed by atoms with Crippen LogP contribution in [0.3, 0.4) is 0 Å². The highest BCUT2D eigenvalue weighted by Crippen LogP contribution is 2.34. The zero-order chi connectivity index (χ0) is 15.6. The van der Waals surface area contributed by atoms with Crippen LogP contribution in [0.25, 0.3) is 11.3 Å². The Balaban J connectivity index is 2.61. The number of ether oxygens (including phenoxy) is 1. The molecule has 7 nitrogen and oxygen atoms in total. The number of hydrogen-bond acceptors (Lipinski definition) is 4. The number of aromatic nitrogens is 1. The highest BCUT2D eigenvalue weighted by atomic mass is 16.6. The van der Waals surface area contributed by atoms with E-state index >= 15 is 0 Å². The quantitative estimate of drug-likeness (QED) is 0.675. The summed E-state index contributed by atoms with van der Waals surface area (Å²) in [6.45, 7) is 2.29. The number of methoxy groups -OCH3 is 1. The van der Waals surface area contributed by atoms with Crippen LogP contribution in [0, 0.1) is 10.1 Å². The molecular formula is C14H14N2O5. The molecule has 0 bridgehead atoms. The maximum absolute atomic E-state index is 11.2. The first-order valence-electron chi connectivity index (χ1n) is 6.25. The Hall–Kier alpha value is -2.83. The first-order valence-corrected chi connectivity index (χ1v) is 6.25. The fourth-order valence-electron chi connectivity index (χ4n) is 2.24. The summed E-state index contributed by atoms with van der Waals surface area (Å²) in [5.74, 6) is -0.696. The number of aromatic carboxylic acids is 1. The van der Waals surface area contributed by atoms with Gasteiger partial charge in [0.25, 0.3) is 5.69 Å². The van der Waals surface area contributed by atoms with Crippen molar-refractivity contribution in [2.75, 3.05) is 7.11 Å². The summed E-state index contributed by atoms with van der Waals surface area (Å²) < 4.78 is 6.81. The van der Waals surface area contributed by atoms with E-state index < -0.39 is 10.9 Å². The van der Waals surface area contributed by atoms with Crippen LogP contribution in [-0.4, -0.2) is 27.7 Å². The molecule has 2 aromatic rings. The number of carbonyl (C=O) groups is 1. The minimum Gasteiger partial charge on any atom is -0.496 e. The first-order chi connectivity index (χ1) is 9.99. The monoisotopic (exact) mass is 290 g/mol. The molecule has 0 unspecified atom stereocenters. The van der Waals surface area contributed by atoms with Crippen LogP contribution in [0.5, 0.6) is 5.75 Å². The Labute approximate surface area is 120 Å². The van der Waals surface area contributed by atoms with Gasteiger partial charge in [0.05, 0.1) is 23.8 Å². The van der Waals surface area contributed by atoms with Gasteiger partial charge in [0.15, 0.2) is 0 Å². The van der Waals surface area contributed by atoms with E-state index in [1.54, 1.807) is 16.7 Å². The molecular weight excluding hydrogens is 276 g/mol. The molecule has 0 atom stereocenters. The minimum absolute atomic E-state index is 0.0799. The van der Waals surface area contributed by atoms with Crippen LogP contribution in [0.2, 0.25) is 0 Å². The van der Waals surface area contributed by atoms with E-state index in [0.29, 0.717) is 23.6 Å². The second kappa shape index (κ2) is 5.66. The van der Waals surface area contributed by atoms with E-state index in [-0.39, 0.29) is 11.4 Å². The van der Waals surface area contributed by atoms with Crippen molar-refractivity contribution >= 4 is 11.7 Å². The average Bonchev–Trinajstić information content (AvgIpc) is 2.90. The molecule has 0 fully saturated rings. The molecule has 0 spiro atoms. The number of carboxylic acid groups (broad SMARTS) is 1. The number of non-ortho nitro benzene ring substituents is 1. The molecule has 1 aromatic heterocycles.